The van der Waals surface area contributed by atoms with Gasteiger partial charge in [0.2, 0.25) is 0 Å². The van der Waals surface area contributed by atoms with Crippen LogP contribution in [0.1, 0.15) is 26.2 Å². The molecule has 3 nitrogen and oxygen atoms in total. The lowest BCUT2D eigenvalue weighted by Gasteiger charge is -2.18. The molecule has 3 heteroatoms. The van der Waals surface area contributed by atoms with Crippen molar-refractivity contribution in [2.45, 2.75) is 32.3 Å². The van der Waals surface area contributed by atoms with Gasteiger partial charge in [-0.15, -0.1) is 0 Å². The van der Waals surface area contributed by atoms with Gasteiger partial charge in [-0.2, -0.15) is 0 Å². The maximum absolute atomic E-state index is 9.65. The normalized spacial score (nSPS) is 31.6. The summed E-state index contributed by atoms with van der Waals surface area (Å²) in [6, 6.07) is 0. The van der Waals surface area contributed by atoms with E-state index in [1.54, 1.807) is 0 Å². The molecule has 1 fully saturated rings. The molecule has 1 saturated heterocycles. The molecule has 2 atom stereocenters. The molecule has 0 aromatic carbocycles. The number of nitrogens with zero attached hydrogens (tertiary/aromatic N) is 1. The van der Waals surface area contributed by atoms with Crippen molar-refractivity contribution >= 4 is 0 Å². The zero-order valence-corrected chi connectivity index (χ0v) is 8.45. The molecule has 0 aliphatic carbocycles. The molecule has 0 amide bonds. The predicted molar refractivity (Wildman–Crippen MR) is 52.5 cm³/mol. The molecule has 0 saturated carbocycles. The van der Waals surface area contributed by atoms with Crippen LogP contribution in [0.5, 0.6) is 0 Å². The van der Waals surface area contributed by atoms with Crippen LogP contribution in [0, 0.1) is 5.92 Å². The summed E-state index contributed by atoms with van der Waals surface area (Å²) in [4.78, 5) is 2.37. The van der Waals surface area contributed by atoms with Gasteiger partial charge in [-0.1, -0.05) is 6.92 Å². The minimum Gasteiger partial charge on any atom is -0.396 e. The zero-order valence-electron chi connectivity index (χ0n) is 8.45. The van der Waals surface area contributed by atoms with Crippen LogP contribution in [0.2, 0.25) is 0 Å². The van der Waals surface area contributed by atoms with E-state index >= 15 is 0 Å². The molecule has 1 aliphatic heterocycles. The smallest absolute Gasteiger partial charge is 0.0602 e. The Bertz CT molecular complexity index is 141. The number of rotatable bonds is 3. The summed E-state index contributed by atoms with van der Waals surface area (Å²) in [6.07, 6.45) is 2.61. The molecule has 0 aromatic heterocycles. The van der Waals surface area contributed by atoms with Crippen molar-refractivity contribution in [3.63, 3.8) is 0 Å². The summed E-state index contributed by atoms with van der Waals surface area (Å²) in [6.45, 7) is 5.42. The van der Waals surface area contributed by atoms with E-state index in [2.05, 4.69) is 11.8 Å². The maximum atomic E-state index is 9.65. The lowest BCUT2D eigenvalue weighted by atomic mass is 9.99. The fourth-order valence-corrected chi connectivity index (χ4v) is 1.96. The van der Waals surface area contributed by atoms with E-state index in [4.69, 9.17) is 5.11 Å². The number of aliphatic hydroxyl groups excluding tert-OH is 2. The van der Waals surface area contributed by atoms with Crippen molar-refractivity contribution < 1.29 is 10.2 Å². The van der Waals surface area contributed by atoms with E-state index in [9.17, 15) is 5.11 Å². The van der Waals surface area contributed by atoms with Crippen molar-refractivity contribution in [1.82, 2.24) is 4.90 Å². The van der Waals surface area contributed by atoms with Crippen LogP contribution >= 0.6 is 0 Å². The molecule has 78 valence electrons. The molecule has 0 radical (unpaired) electrons. The third kappa shape index (κ3) is 3.25. The Balaban J connectivity index is 2.37. The predicted octanol–water partition coefficient (Wildman–Crippen LogP) is 0.462. The largest absolute Gasteiger partial charge is 0.396 e. The van der Waals surface area contributed by atoms with Crippen molar-refractivity contribution in [3.05, 3.63) is 0 Å². The summed E-state index contributed by atoms with van der Waals surface area (Å²) in [5.74, 6) is 0.0989. The Morgan fingerprint density at radius 3 is 2.62 bits per heavy atom. The Hall–Kier alpha value is -0.120. The topological polar surface area (TPSA) is 43.7 Å². The van der Waals surface area contributed by atoms with Crippen molar-refractivity contribution in [2.24, 2.45) is 5.92 Å². The van der Waals surface area contributed by atoms with E-state index in [1.807, 2.05) is 0 Å². The van der Waals surface area contributed by atoms with E-state index in [0.717, 1.165) is 32.5 Å². The number of aliphatic hydroxyl groups is 2. The molecule has 2 N–H and O–H groups in total. The van der Waals surface area contributed by atoms with Gasteiger partial charge in [0.05, 0.1) is 6.10 Å². The molecular weight excluding hydrogens is 166 g/mol. The zero-order chi connectivity index (χ0) is 9.68. The molecule has 0 bridgehead atoms. The minimum atomic E-state index is -0.299. The van der Waals surface area contributed by atoms with Crippen LogP contribution in [0.4, 0.5) is 0 Å². The fraction of sp³-hybridized carbons (Fsp3) is 1.00. The molecule has 13 heavy (non-hydrogen) atoms. The number of hydrogen-bond donors (Lipinski definition) is 2. The molecule has 2 unspecified atom stereocenters. The van der Waals surface area contributed by atoms with Crippen LogP contribution in [0.25, 0.3) is 0 Å². The molecular formula is C10H21NO2. The Morgan fingerprint density at radius 2 is 2.00 bits per heavy atom. The highest BCUT2D eigenvalue weighted by atomic mass is 16.3. The van der Waals surface area contributed by atoms with Gasteiger partial charge in [0, 0.05) is 19.1 Å². The third-order valence-electron chi connectivity index (χ3n) is 2.88. The van der Waals surface area contributed by atoms with Gasteiger partial charge in [0.15, 0.2) is 0 Å². The van der Waals surface area contributed by atoms with E-state index in [0.29, 0.717) is 0 Å². The average Bonchev–Trinajstić information content (AvgIpc) is 2.30. The fourth-order valence-electron chi connectivity index (χ4n) is 1.96. The summed E-state index contributed by atoms with van der Waals surface area (Å²) >= 11 is 0. The summed E-state index contributed by atoms with van der Waals surface area (Å²) in [5.41, 5.74) is 0. The molecule has 1 rings (SSSR count). The first kappa shape index (κ1) is 11.0. The summed E-state index contributed by atoms with van der Waals surface area (Å²) in [5, 5.41) is 18.7. The quantitative estimate of drug-likeness (QED) is 0.674. The van der Waals surface area contributed by atoms with Crippen LogP contribution in [0.15, 0.2) is 0 Å². The van der Waals surface area contributed by atoms with E-state index < -0.39 is 0 Å². The van der Waals surface area contributed by atoms with Gasteiger partial charge in [-0.05, 0) is 32.4 Å². The SMILES string of the molecule is CCCN1CCC(O)C(CO)CC1. The van der Waals surface area contributed by atoms with Gasteiger partial charge in [-0.25, -0.2) is 0 Å². The molecule has 0 aromatic rings. The van der Waals surface area contributed by atoms with E-state index in [-0.39, 0.29) is 18.6 Å². The molecule has 0 spiro atoms. The summed E-state index contributed by atoms with van der Waals surface area (Å²) < 4.78 is 0. The van der Waals surface area contributed by atoms with Crippen molar-refractivity contribution in [2.75, 3.05) is 26.2 Å². The van der Waals surface area contributed by atoms with Crippen molar-refractivity contribution in [3.8, 4) is 0 Å². The first-order valence-electron chi connectivity index (χ1n) is 5.29. The maximum Gasteiger partial charge on any atom is 0.0602 e. The monoisotopic (exact) mass is 187 g/mol. The third-order valence-corrected chi connectivity index (χ3v) is 2.88. The standard InChI is InChI=1S/C10H21NO2/c1-2-5-11-6-3-9(8-12)10(13)4-7-11/h9-10,12-13H,2-8H2,1H3. The number of hydrogen-bond acceptors (Lipinski definition) is 3. The second-order valence-corrected chi connectivity index (χ2v) is 3.93. The highest BCUT2D eigenvalue weighted by Crippen LogP contribution is 2.17. The van der Waals surface area contributed by atoms with Gasteiger partial charge in [0.1, 0.15) is 0 Å². The van der Waals surface area contributed by atoms with Crippen LogP contribution in [-0.4, -0.2) is 47.5 Å². The lowest BCUT2D eigenvalue weighted by molar-refractivity contribution is 0.0653. The van der Waals surface area contributed by atoms with Gasteiger partial charge < -0.3 is 15.1 Å². The second kappa shape index (κ2) is 5.58. The Kier molecular flexibility index (Phi) is 4.70. The van der Waals surface area contributed by atoms with Crippen LogP contribution < -0.4 is 0 Å². The Labute approximate surface area is 80.4 Å². The highest BCUT2D eigenvalue weighted by Gasteiger charge is 2.23. The summed E-state index contributed by atoms with van der Waals surface area (Å²) in [7, 11) is 0. The first-order chi connectivity index (χ1) is 6.27. The highest BCUT2D eigenvalue weighted by molar-refractivity contribution is 4.76. The van der Waals surface area contributed by atoms with Gasteiger partial charge >= 0.3 is 0 Å². The van der Waals surface area contributed by atoms with Crippen LogP contribution in [-0.2, 0) is 0 Å². The van der Waals surface area contributed by atoms with Crippen molar-refractivity contribution in [1.29, 1.82) is 0 Å². The van der Waals surface area contributed by atoms with Crippen LogP contribution in [0.3, 0.4) is 0 Å². The Morgan fingerprint density at radius 1 is 1.31 bits per heavy atom. The van der Waals surface area contributed by atoms with Gasteiger partial charge in [-0.3, -0.25) is 0 Å². The average molecular weight is 187 g/mol. The molecule has 1 aliphatic rings. The second-order valence-electron chi connectivity index (χ2n) is 3.93. The van der Waals surface area contributed by atoms with Gasteiger partial charge in [0.25, 0.3) is 0 Å². The minimum absolute atomic E-state index is 0.0989. The number of likely N-dealkylation sites (tertiary alicyclic amines) is 1. The van der Waals surface area contributed by atoms with E-state index in [1.165, 1.54) is 6.42 Å². The lowest BCUT2D eigenvalue weighted by Crippen LogP contribution is -2.25. The molecule has 1 heterocycles. The first-order valence-corrected chi connectivity index (χ1v) is 5.29.